The Bertz CT molecular complexity index is 1450. The monoisotopic (exact) mass is 777 g/mol. The molecule has 14 heteroatoms. The number of methoxy groups -OCH3 is 3. The molecule has 1 aliphatic heterocycles. The van der Waals surface area contributed by atoms with Crippen molar-refractivity contribution >= 4 is 29.3 Å². The maximum atomic E-state index is 14.3. The highest BCUT2D eigenvalue weighted by atomic mass is 19.1. The van der Waals surface area contributed by atoms with Crippen molar-refractivity contribution in [2.24, 2.45) is 23.7 Å². The van der Waals surface area contributed by atoms with Gasteiger partial charge >= 0.3 is 0 Å². The van der Waals surface area contributed by atoms with Crippen LogP contribution < -0.4 is 10.6 Å². The van der Waals surface area contributed by atoms with Gasteiger partial charge in [-0.1, -0.05) is 54.9 Å². The number of amides is 4. The lowest BCUT2D eigenvalue weighted by molar-refractivity contribution is -0.148. The van der Waals surface area contributed by atoms with E-state index in [-0.39, 0.29) is 72.7 Å². The zero-order chi connectivity index (χ0) is 41.9. The Labute approximate surface area is 328 Å². The van der Waals surface area contributed by atoms with Crippen LogP contribution in [0.3, 0.4) is 0 Å². The van der Waals surface area contributed by atoms with Gasteiger partial charge in [0, 0.05) is 40.5 Å². The van der Waals surface area contributed by atoms with E-state index in [1.54, 1.807) is 37.8 Å². The Hall–Kier alpha value is -3.46. The number of aryl methyl sites for hydroxylation is 1. The number of carbonyl (C=O) groups is 4. The second-order valence-corrected chi connectivity index (χ2v) is 16.0. The van der Waals surface area contributed by atoms with Gasteiger partial charge in [0.25, 0.3) is 0 Å². The SMILES string of the molecule is CC[C@H](C)[C@@H]([C@@H](CC(=O)N1C[C@H](OC)CC1[C@H](OC)[C@@H](C)C(=O)NCC(=N)c1ccc(F)cc1C)OC)N(C)C(=O)[C@@H](NC(=O)[C@H](C(C)C)N(C)C)C(C)C. The van der Waals surface area contributed by atoms with Crippen molar-refractivity contribution in [1.29, 1.82) is 5.41 Å². The molecule has 3 N–H and O–H groups in total. The van der Waals surface area contributed by atoms with E-state index < -0.39 is 48.1 Å². The van der Waals surface area contributed by atoms with Gasteiger partial charge in [0.05, 0.1) is 61.0 Å². The minimum Gasteiger partial charge on any atom is -0.380 e. The Kier molecular flexibility index (Phi) is 18.8. The van der Waals surface area contributed by atoms with Crippen LogP contribution in [-0.4, -0.2) is 142 Å². The number of carbonyl (C=O) groups excluding carboxylic acids is 4. The lowest BCUT2D eigenvalue weighted by atomic mass is 9.89. The van der Waals surface area contributed by atoms with Crippen molar-refractivity contribution in [1.82, 2.24) is 25.3 Å². The number of hydrogen-bond donors (Lipinski definition) is 3. The Morgan fingerprint density at radius 3 is 2.11 bits per heavy atom. The molecule has 13 nitrogen and oxygen atoms in total. The number of likely N-dealkylation sites (N-methyl/N-ethyl adjacent to an activating group) is 2. The van der Waals surface area contributed by atoms with Crippen molar-refractivity contribution in [2.75, 3.05) is 55.6 Å². The summed E-state index contributed by atoms with van der Waals surface area (Å²) in [6.07, 6.45) is -0.577. The molecular formula is C41H69FN6O7. The molecule has 0 aromatic heterocycles. The van der Waals surface area contributed by atoms with Gasteiger partial charge < -0.3 is 40.1 Å². The molecule has 55 heavy (non-hydrogen) atoms. The molecule has 1 aromatic carbocycles. The summed E-state index contributed by atoms with van der Waals surface area (Å²) < 4.78 is 31.3. The van der Waals surface area contributed by atoms with E-state index in [0.717, 1.165) is 0 Å². The van der Waals surface area contributed by atoms with E-state index in [1.165, 1.54) is 32.4 Å². The standard InChI is InChI=1S/C41H69FN6O7/c1-15-25(6)37(47(11)41(52)35(23(2)3)45-40(51)36(24(4)5)46(9)10)33(54-13)20-34(49)48-22-29(53-12)19-32(48)38(55-14)27(8)39(50)44-21-31(43)30-17-16-28(42)18-26(30)7/h16-18,23-25,27,29,32-33,35-38,43H,15,19-22H2,1-14H3,(H,44,50)(H,45,51)/t25-,27+,29+,32?,33+,35-,36-,37-,38+/m0/s1. The summed E-state index contributed by atoms with van der Waals surface area (Å²) in [4.78, 5) is 60.7. The second kappa shape index (κ2) is 21.7. The van der Waals surface area contributed by atoms with Crippen LogP contribution in [0.15, 0.2) is 18.2 Å². The summed E-state index contributed by atoms with van der Waals surface area (Å²) in [5.41, 5.74) is 1.28. The van der Waals surface area contributed by atoms with E-state index in [1.807, 2.05) is 60.5 Å². The first kappa shape index (κ1) is 47.7. The number of rotatable bonds is 21. The van der Waals surface area contributed by atoms with Crippen molar-refractivity contribution in [3.63, 3.8) is 0 Å². The minimum atomic E-state index is -0.789. The normalized spacial score (nSPS) is 19.8. The number of benzene rings is 1. The van der Waals surface area contributed by atoms with Gasteiger partial charge in [-0.25, -0.2) is 4.39 Å². The molecular weight excluding hydrogens is 707 g/mol. The van der Waals surface area contributed by atoms with Crippen molar-refractivity contribution in [3.05, 3.63) is 35.1 Å². The molecule has 1 aromatic rings. The van der Waals surface area contributed by atoms with Gasteiger partial charge in [-0.3, -0.25) is 24.1 Å². The van der Waals surface area contributed by atoms with Crippen LogP contribution in [-0.2, 0) is 33.4 Å². The molecule has 0 saturated carbocycles. The van der Waals surface area contributed by atoms with E-state index in [4.69, 9.17) is 19.6 Å². The van der Waals surface area contributed by atoms with Crippen LogP contribution in [0, 0.1) is 41.8 Å². The molecule has 0 aliphatic carbocycles. The fourth-order valence-corrected chi connectivity index (χ4v) is 7.96. The molecule has 1 heterocycles. The van der Waals surface area contributed by atoms with Gasteiger partial charge in [0.1, 0.15) is 11.9 Å². The molecule has 1 unspecified atom stereocenters. The topological polar surface area (TPSA) is 154 Å². The van der Waals surface area contributed by atoms with Crippen LogP contribution in [0.5, 0.6) is 0 Å². The van der Waals surface area contributed by atoms with Crippen LogP contribution in [0.1, 0.15) is 78.9 Å². The maximum absolute atomic E-state index is 14.3. The predicted molar refractivity (Wildman–Crippen MR) is 212 cm³/mol. The highest BCUT2D eigenvalue weighted by molar-refractivity contribution is 6.02. The van der Waals surface area contributed by atoms with Gasteiger partial charge in [0.15, 0.2) is 0 Å². The van der Waals surface area contributed by atoms with Crippen LogP contribution in [0.2, 0.25) is 0 Å². The highest BCUT2D eigenvalue weighted by Crippen LogP contribution is 2.31. The van der Waals surface area contributed by atoms with E-state index in [0.29, 0.717) is 24.0 Å². The van der Waals surface area contributed by atoms with Crippen molar-refractivity contribution < 1.29 is 37.8 Å². The number of ether oxygens (including phenoxy) is 3. The number of likely N-dealkylation sites (tertiary alicyclic amines) is 1. The lowest BCUT2D eigenvalue weighted by Crippen LogP contribution is -2.59. The quantitative estimate of drug-likeness (QED) is 0.159. The number of nitrogens with one attached hydrogen (secondary N) is 3. The van der Waals surface area contributed by atoms with Gasteiger partial charge in [-0.2, -0.15) is 0 Å². The van der Waals surface area contributed by atoms with Crippen LogP contribution in [0.4, 0.5) is 4.39 Å². The lowest BCUT2D eigenvalue weighted by Gasteiger charge is -2.41. The van der Waals surface area contributed by atoms with Gasteiger partial charge in [-0.05, 0) is 69.0 Å². The average Bonchev–Trinajstić information content (AvgIpc) is 3.55. The van der Waals surface area contributed by atoms with Crippen molar-refractivity contribution in [3.8, 4) is 0 Å². The maximum Gasteiger partial charge on any atom is 0.245 e. The minimum absolute atomic E-state index is 0.0290. The largest absolute Gasteiger partial charge is 0.380 e. The molecule has 0 spiro atoms. The smallest absolute Gasteiger partial charge is 0.245 e. The molecule has 0 radical (unpaired) electrons. The average molecular weight is 777 g/mol. The summed E-state index contributed by atoms with van der Waals surface area (Å²) in [6.45, 7) is 15.4. The first-order valence-corrected chi connectivity index (χ1v) is 19.5. The highest BCUT2D eigenvalue weighted by Gasteiger charge is 2.45. The number of halogens is 1. The van der Waals surface area contributed by atoms with Gasteiger partial charge in [0.2, 0.25) is 23.6 Å². The summed E-state index contributed by atoms with van der Waals surface area (Å²) in [5.74, 6) is -2.39. The fourth-order valence-electron chi connectivity index (χ4n) is 7.96. The molecule has 312 valence electrons. The zero-order valence-electron chi connectivity index (χ0n) is 35.7. The third-order valence-corrected chi connectivity index (χ3v) is 11.2. The third-order valence-electron chi connectivity index (χ3n) is 11.2. The number of nitrogens with zero attached hydrogens (tertiary/aromatic N) is 3. The van der Waals surface area contributed by atoms with E-state index >= 15 is 0 Å². The van der Waals surface area contributed by atoms with E-state index in [9.17, 15) is 23.6 Å². The molecule has 2 rings (SSSR count). The molecule has 1 aliphatic rings. The Balaban J connectivity index is 2.31. The van der Waals surface area contributed by atoms with Crippen LogP contribution >= 0.6 is 0 Å². The summed E-state index contributed by atoms with van der Waals surface area (Å²) in [6, 6.07) is 1.94. The summed E-state index contributed by atoms with van der Waals surface area (Å²) >= 11 is 0. The third kappa shape index (κ3) is 12.3. The molecule has 9 atom stereocenters. The summed E-state index contributed by atoms with van der Waals surface area (Å²) in [7, 11) is 10.0. The van der Waals surface area contributed by atoms with Crippen LogP contribution in [0.25, 0.3) is 0 Å². The molecule has 1 fully saturated rings. The molecule has 1 saturated heterocycles. The Morgan fingerprint density at radius 2 is 1.62 bits per heavy atom. The zero-order valence-corrected chi connectivity index (χ0v) is 35.7. The van der Waals surface area contributed by atoms with Gasteiger partial charge in [-0.15, -0.1) is 0 Å². The first-order chi connectivity index (χ1) is 25.7. The first-order valence-electron chi connectivity index (χ1n) is 19.5. The van der Waals surface area contributed by atoms with Crippen molar-refractivity contribution in [2.45, 2.75) is 117 Å². The number of hydrogen-bond acceptors (Lipinski definition) is 9. The Morgan fingerprint density at radius 1 is 0.982 bits per heavy atom. The molecule has 0 bridgehead atoms. The summed E-state index contributed by atoms with van der Waals surface area (Å²) in [5, 5.41) is 14.3. The second-order valence-electron chi connectivity index (χ2n) is 16.0. The fraction of sp³-hybridized carbons (Fsp3) is 0.732. The predicted octanol–water partition coefficient (Wildman–Crippen LogP) is 3.89. The van der Waals surface area contributed by atoms with E-state index in [2.05, 4.69) is 10.6 Å². The molecule has 4 amide bonds.